The van der Waals surface area contributed by atoms with Gasteiger partial charge in [-0.1, -0.05) is 50.2 Å². The Hall–Kier alpha value is -3.64. The number of alkyl carbamates (subject to hydrolysis) is 1. The van der Waals surface area contributed by atoms with Crippen LogP contribution in [0.15, 0.2) is 42.5 Å². The van der Waals surface area contributed by atoms with Crippen LogP contribution in [0.4, 0.5) is 4.79 Å². The van der Waals surface area contributed by atoms with Gasteiger partial charge in [0.05, 0.1) is 5.94 Å². The van der Waals surface area contributed by atoms with Gasteiger partial charge in [-0.25, -0.2) is 4.79 Å². The molecule has 0 aliphatic carbocycles. The van der Waals surface area contributed by atoms with Crippen molar-refractivity contribution in [3.8, 4) is 0 Å². The zero-order chi connectivity index (χ0) is 29.9. The maximum Gasteiger partial charge on any atom is 0.475 e. The molecule has 11 nitrogen and oxygen atoms in total. The fourth-order valence-electron chi connectivity index (χ4n) is 3.96. The number of ether oxygens (including phenoxy) is 1. The summed E-state index contributed by atoms with van der Waals surface area (Å²) in [5, 5.41) is 31.5. The van der Waals surface area contributed by atoms with Gasteiger partial charge < -0.3 is 36.1 Å². The van der Waals surface area contributed by atoms with E-state index in [2.05, 4.69) is 21.3 Å². The van der Waals surface area contributed by atoms with Gasteiger partial charge in [-0.05, 0) is 61.9 Å². The van der Waals surface area contributed by atoms with E-state index in [1.807, 2.05) is 56.3 Å². The molecular formula is C28H41BN4O7. The first-order chi connectivity index (χ1) is 18.7. The molecular weight excluding hydrogens is 515 g/mol. The van der Waals surface area contributed by atoms with E-state index in [9.17, 15) is 29.2 Å². The smallest absolute Gasteiger partial charge is 0.444 e. The van der Waals surface area contributed by atoms with E-state index in [4.69, 9.17) is 4.74 Å². The number of rotatable bonds is 13. The van der Waals surface area contributed by atoms with E-state index in [1.54, 1.807) is 20.8 Å². The minimum absolute atomic E-state index is 0.0521. The van der Waals surface area contributed by atoms with E-state index in [-0.39, 0.29) is 25.3 Å². The lowest BCUT2D eigenvalue weighted by atomic mass is 9.75. The first-order valence-corrected chi connectivity index (χ1v) is 13.4. The summed E-state index contributed by atoms with van der Waals surface area (Å²) >= 11 is 0. The Balaban J connectivity index is 2.03. The average Bonchev–Trinajstić information content (AvgIpc) is 2.86. The minimum atomic E-state index is -1.73. The van der Waals surface area contributed by atoms with Crippen LogP contribution in [0.5, 0.6) is 0 Å². The molecule has 6 N–H and O–H groups in total. The Kier molecular flexibility index (Phi) is 12.4. The third kappa shape index (κ3) is 12.0. The van der Waals surface area contributed by atoms with Crippen molar-refractivity contribution >= 4 is 41.7 Å². The quantitative estimate of drug-likeness (QED) is 0.205. The largest absolute Gasteiger partial charge is 0.475 e. The van der Waals surface area contributed by atoms with Crippen molar-refractivity contribution in [2.45, 2.75) is 78.0 Å². The normalized spacial score (nSPS) is 12.8. The summed E-state index contributed by atoms with van der Waals surface area (Å²) in [5.74, 6) is -2.39. The second kappa shape index (κ2) is 15.2. The number of amides is 4. The molecule has 2 atom stereocenters. The predicted molar refractivity (Wildman–Crippen MR) is 153 cm³/mol. The summed E-state index contributed by atoms with van der Waals surface area (Å²) < 4.78 is 5.12. The molecule has 0 saturated carbocycles. The van der Waals surface area contributed by atoms with Crippen LogP contribution in [-0.2, 0) is 25.7 Å². The van der Waals surface area contributed by atoms with Crippen LogP contribution in [0.1, 0.15) is 59.4 Å². The van der Waals surface area contributed by atoms with Crippen molar-refractivity contribution in [2.75, 3.05) is 6.54 Å². The fourth-order valence-corrected chi connectivity index (χ4v) is 3.96. The Morgan fingerprint density at radius 2 is 1.60 bits per heavy atom. The topological polar surface area (TPSA) is 166 Å². The SMILES string of the molecule is CC(C)C[C@H](NC(=O)CC[C@H](NC(=O)CNC(=O)OC(C)(C)C)C(=O)NCc1ccc2ccccc2c1)B(O)O. The summed E-state index contributed by atoms with van der Waals surface area (Å²) in [4.78, 5) is 50.1. The Bertz CT molecular complexity index is 1170. The van der Waals surface area contributed by atoms with Gasteiger partial charge in [0.25, 0.3) is 0 Å². The van der Waals surface area contributed by atoms with Gasteiger partial charge in [-0.3, -0.25) is 14.4 Å². The van der Waals surface area contributed by atoms with Crippen LogP contribution < -0.4 is 21.3 Å². The molecule has 0 heterocycles. The molecule has 0 spiro atoms. The summed E-state index contributed by atoms with van der Waals surface area (Å²) in [6.45, 7) is 8.62. The fraction of sp³-hybridized carbons (Fsp3) is 0.500. The Morgan fingerprint density at radius 1 is 0.925 bits per heavy atom. The zero-order valence-electron chi connectivity index (χ0n) is 23.8. The molecule has 0 bridgehead atoms. The molecule has 0 radical (unpaired) electrons. The van der Waals surface area contributed by atoms with E-state index in [1.165, 1.54) is 0 Å². The molecule has 0 aromatic heterocycles. The van der Waals surface area contributed by atoms with Crippen molar-refractivity contribution in [2.24, 2.45) is 5.92 Å². The number of nitrogens with one attached hydrogen (secondary N) is 4. The van der Waals surface area contributed by atoms with Crippen molar-refractivity contribution < 1.29 is 34.0 Å². The highest BCUT2D eigenvalue weighted by molar-refractivity contribution is 6.43. The van der Waals surface area contributed by atoms with Crippen LogP contribution in [0.2, 0.25) is 0 Å². The van der Waals surface area contributed by atoms with Gasteiger partial charge in [0.15, 0.2) is 0 Å². The van der Waals surface area contributed by atoms with Crippen LogP contribution in [-0.4, -0.2) is 65.1 Å². The van der Waals surface area contributed by atoms with Crippen LogP contribution in [0.25, 0.3) is 10.8 Å². The lowest BCUT2D eigenvalue weighted by Gasteiger charge is -2.22. The van der Waals surface area contributed by atoms with Gasteiger partial charge in [0, 0.05) is 13.0 Å². The second-order valence-corrected chi connectivity index (χ2v) is 11.1. The first kappa shape index (κ1) is 32.6. The molecule has 0 unspecified atom stereocenters. The van der Waals surface area contributed by atoms with E-state index in [0.29, 0.717) is 6.42 Å². The molecule has 40 heavy (non-hydrogen) atoms. The molecule has 12 heteroatoms. The highest BCUT2D eigenvalue weighted by Crippen LogP contribution is 2.15. The highest BCUT2D eigenvalue weighted by Gasteiger charge is 2.27. The number of hydrogen-bond acceptors (Lipinski definition) is 7. The van der Waals surface area contributed by atoms with Crippen LogP contribution >= 0.6 is 0 Å². The molecule has 218 valence electrons. The monoisotopic (exact) mass is 556 g/mol. The molecule has 2 aromatic rings. The average molecular weight is 556 g/mol. The molecule has 0 aliphatic heterocycles. The molecule has 0 saturated heterocycles. The number of carbonyl (C=O) groups excluding carboxylic acids is 4. The second-order valence-electron chi connectivity index (χ2n) is 11.1. The molecule has 0 aliphatic rings. The third-order valence-corrected chi connectivity index (χ3v) is 5.82. The van der Waals surface area contributed by atoms with Crippen LogP contribution in [0.3, 0.4) is 0 Å². The molecule has 0 fully saturated rings. The number of benzene rings is 2. The Labute approximate surface area is 235 Å². The van der Waals surface area contributed by atoms with E-state index in [0.717, 1.165) is 16.3 Å². The van der Waals surface area contributed by atoms with Gasteiger partial charge in [0.1, 0.15) is 18.2 Å². The highest BCUT2D eigenvalue weighted by atomic mass is 16.6. The molecule has 2 rings (SSSR count). The predicted octanol–water partition coefficient (Wildman–Crippen LogP) is 1.79. The standard InChI is InChI=1S/C28H41BN4O7/c1-18(2)14-23(29(38)39)33-24(34)13-12-22(32-25(35)17-31-27(37)40-28(3,4)5)26(36)30-16-19-10-11-20-8-6-7-9-21(20)15-19/h6-11,15,18,22-23,38-39H,12-14,16-17H2,1-5H3,(H,30,36)(H,31,37)(H,32,35)(H,33,34)/t22-,23-/m0/s1. The van der Waals surface area contributed by atoms with E-state index >= 15 is 0 Å². The summed E-state index contributed by atoms with van der Waals surface area (Å²) in [7, 11) is -1.73. The van der Waals surface area contributed by atoms with Crippen molar-refractivity contribution in [1.29, 1.82) is 0 Å². The van der Waals surface area contributed by atoms with Gasteiger partial charge in [0.2, 0.25) is 17.7 Å². The number of carbonyl (C=O) groups is 4. The molecule has 2 aromatic carbocycles. The maximum atomic E-state index is 13.1. The summed E-state index contributed by atoms with van der Waals surface area (Å²) in [6.07, 6.45) is -0.636. The third-order valence-electron chi connectivity index (χ3n) is 5.82. The van der Waals surface area contributed by atoms with Gasteiger partial charge >= 0.3 is 13.2 Å². The van der Waals surface area contributed by atoms with Crippen molar-refractivity contribution in [3.63, 3.8) is 0 Å². The van der Waals surface area contributed by atoms with Gasteiger partial charge in [-0.15, -0.1) is 0 Å². The van der Waals surface area contributed by atoms with Gasteiger partial charge in [-0.2, -0.15) is 0 Å². The first-order valence-electron chi connectivity index (χ1n) is 13.4. The Morgan fingerprint density at radius 3 is 2.23 bits per heavy atom. The van der Waals surface area contributed by atoms with Crippen molar-refractivity contribution in [3.05, 3.63) is 48.0 Å². The number of fused-ring (bicyclic) bond motifs is 1. The van der Waals surface area contributed by atoms with Crippen molar-refractivity contribution in [1.82, 2.24) is 21.3 Å². The van der Waals surface area contributed by atoms with Crippen LogP contribution in [0, 0.1) is 5.92 Å². The zero-order valence-corrected chi connectivity index (χ0v) is 23.8. The summed E-state index contributed by atoms with van der Waals surface area (Å²) in [6, 6.07) is 12.5. The lowest BCUT2D eigenvalue weighted by Crippen LogP contribution is -2.51. The maximum absolute atomic E-state index is 13.1. The minimum Gasteiger partial charge on any atom is -0.444 e. The number of hydrogen-bond donors (Lipinski definition) is 6. The lowest BCUT2D eigenvalue weighted by molar-refractivity contribution is -0.129. The molecule has 4 amide bonds. The summed E-state index contributed by atoms with van der Waals surface area (Å²) in [5.41, 5.74) is 0.115. The van der Waals surface area contributed by atoms with E-state index < -0.39 is 55.1 Å².